The number of hydrogen-bond donors (Lipinski definition) is 1. The van der Waals surface area contributed by atoms with Crippen molar-refractivity contribution in [3.05, 3.63) is 58.0 Å². The van der Waals surface area contributed by atoms with Crippen molar-refractivity contribution in [1.29, 1.82) is 0 Å². The fourth-order valence-corrected chi connectivity index (χ4v) is 4.48. The summed E-state index contributed by atoms with van der Waals surface area (Å²) in [6.45, 7) is 0. The average molecular weight is 380 g/mol. The number of carbonyl (C=O) groups excluding carboxylic acids is 1. The van der Waals surface area contributed by atoms with Gasteiger partial charge >= 0.3 is 0 Å². The van der Waals surface area contributed by atoms with E-state index in [-0.39, 0.29) is 11.7 Å². The Bertz CT molecular complexity index is 787. The maximum Gasteiger partial charge on any atom is 0.226 e. The molecule has 3 rings (SSSR count). The van der Waals surface area contributed by atoms with E-state index >= 15 is 0 Å². The van der Waals surface area contributed by atoms with Crippen molar-refractivity contribution in [2.24, 2.45) is 0 Å². The van der Waals surface area contributed by atoms with Crippen LogP contribution in [0.3, 0.4) is 0 Å². The summed E-state index contributed by atoms with van der Waals surface area (Å²) >= 11 is 4.68. The van der Waals surface area contributed by atoms with Crippen LogP contribution in [0, 0.1) is 5.82 Å². The van der Waals surface area contributed by atoms with Gasteiger partial charge in [-0.25, -0.2) is 4.39 Å². The minimum atomic E-state index is -0.273. The van der Waals surface area contributed by atoms with Gasteiger partial charge in [-0.05, 0) is 35.6 Å². The van der Waals surface area contributed by atoms with Crippen molar-refractivity contribution in [2.45, 2.75) is 22.9 Å². The molecule has 0 aliphatic heterocycles. The predicted molar refractivity (Wildman–Crippen MR) is 97.1 cm³/mol. The van der Waals surface area contributed by atoms with Crippen LogP contribution in [0.2, 0.25) is 0 Å². The fraction of sp³-hybridized carbons (Fsp3) is 0.188. The molecule has 0 spiro atoms. The van der Waals surface area contributed by atoms with Crippen LogP contribution in [0.4, 0.5) is 9.52 Å². The highest BCUT2D eigenvalue weighted by atomic mass is 32.2. The SMILES string of the molecule is O=C(CCc1ccc(F)cc1)Nc1nnc(SCc2cccs2)s1. The van der Waals surface area contributed by atoms with Crippen molar-refractivity contribution in [3.63, 3.8) is 0 Å². The Hall–Kier alpha value is -1.77. The zero-order chi connectivity index (χ0) is 16.8. The van der Waals surface area contributed by atoms with Gasteiger partial charge in [-0.2, -0.15) is 0 Å². The molecular formula is C16H14FN3OS3. The van der Waals surface area contributed by atoms with Crippen molar-refractivity contribution in [2.75, 3.05) is 5.32 Å². The molecule has 0 atom stereocenters. The number of anilines is 1. The third kappa shape index (κ3) is 5.12. The van der Waals surface area contributed by atoms with Crippen LogP contribution < -0.4 is 5.32 Å². The fourth-order valence-electron chi connectivity index (χ4n) is 1.94. The predicted octanol–water partition coefficient (Wildman–Crippen LogP) is 4.60. The molecular weight excluding hydrogens is 365 g/mol. The van der Waals surface area contributed by atoms with Gasteiger partial charge in [-0.1, -0.05) is 41.3 Å². The van der Waals surface area contributed by atoms with Crippen LogP contribution in [0.5, 0.6) is 0 Å². The molecule has 0 aliphatic rings. The van der Waals surface area contributed by atoms with Gasteiger partial charge in [0, 0.05) is 17.1 Å². The first-order valence-corrected chi connectivity index (χ1v) is 9.90. The molecule has 4 nitrogen and oxygen atoms in total. The summed E-state index contributed by atoms with van der Waals surface area (Å²) in [4.78, 5) is 13.2. The summed E-state index contributed by atoms with van der Waals surface area (Å²) < 4.78 is 13.7. The lowest BCUT2D eigenvalue weighted by Gasteiger charge is -2.01. The Balaban J connectivity index is 1.45. The maximum absolute atomic E-state index is 12.8. The Morgan fingerprint density at radius 3 is 2.79 bits per heavy atom. The van der Waals surface area contributed by atoms with Gasteiger partial charge in [0.25, 0.3) is 0 Å². The van der Waals surface area contributed by atoms with Gasteiger partial charge in [0.2, 0.25) is 11.0 Å². The number of rotatable bonds is 7. The molecule has 124 valence electrons. The number of nitrogens with zero attached hydrogens (tertiary/aromatic N) is 2. The van der Waals surface area contributed by atoms with E-state index in [1.165, 1.54) is 28.3 Å². The van der Waals surface area contributed by atoms with Crippen LogP contribution in [-0.2, 0) is 17.0 Å². The van der Waals surface area contributed by atoms with Gasteiger partial charge in [0.05, 0.1) is 0 Å². The standard InChI is InChI=1S/C16H14FN3OS3/c17-12-6-3-11(4-7-12)5-8-14(21)18-15-19-20-16(24-15)23-10-13-2-1-9-22-13/h1-4,6-7,9H,5,8,10H2,(H,18,19,21). The Morgan fingerprint density at radius 2 is 2.04 bits per heavy atom. The van der Waals surface area contributed by atoms with Crippen LogP contribution in [-0.4, -0.2) is 16.1 Å². The molecule has 2 aromatic heterocycles. The topological polar surface area (TPSA) is 54.9 Å². The normalized spacial score (nSPS) is 10.7. The molecule has 8 heteroatoms. The van der Waals surface area contributed by atoms with E-state index in [4.69, 9.17) is 0 Å². The molecule has 0 saturated carbocycles. The lowest BCUT2D eigenvalue weighted by molar-refractivity contribution is -0.116. The van der Waals surface area contributed by atoms with Gasteiger partial charge in [-0.15, -0.1) is 21.5 Å². The quantitative estimate of drug-likeness (QED) is 0.481. The molecule has 0 aliphatic carbocycles. The third-order valence-electron chi connectivity index (χ3n) is 3.12. The highest BCUT2D eigenvalue weighted by molar-refractivity contribution is 8.00. The summed E-state index contributed by atoms with van der Waals surface area (Å²) in [7, 11) is 0. The van der Waals surface area contributed by atoms with Crippen molar-refractivity contribution >= 4 is 45.5 Å². The largest absolute Gasteiger partial charge is 0.300 e. The first-order valence-electron chi connectivity index (χ1n) is 7.22. The Morgan fingerprint density at radius 1 is 1.21 bits per heavy atom. The summed E-state index contributed by atoms with van der Waals surface area (Å²) in [5.74, 6) is 0.458. The monoisotopic (exact) mass is 379 g/mol. The minimum absolute atomic E-state index is 0.120. The second-order valence-corrected chi connectivity index (χ2v) is 8.15. The van der Waals surface area contributed by atoms with Crippen LogP contribution >= 0.6 is 34.4 Å². The molecule has 1 amide bonds. The van der Waals surface area contributed by atoms with Crippen molar-refractivity contribution < 1.29 is 9.18 Å². The number of hydrogen-bond acceptors (Lipinski definition) is 6. The summed E-state index contributed by atoms with van der Waals surface area (Å²) in [6.07, 6.45) is 0.883. The second kappa shape index (κ2) is 8.36. The Kier molecular flexibility index (Phi) is 5.95. The lowest BCUT2D eigenvalue weighted by atomic mass is 10.1. The highest BCUT2D eigenvalue weighted by Gasteiger charge is 2.09. The molecule has 3 aromatic rings. The summed E-state index contributed by atoms with van der Waals surface area (Å²) in [5, 5.41) is 13.4. The second-order valence-electron chi connectivity index (χ2n) is 4.92. The van der Waals surface area contributed by atoms with E-state index in [2.05, 4.69) is 21.6 Å². The van der Waals surface area contributed by atoms with Crippen LogP contribution in [0.15, 0.2) is 46.1 Å². The van der Waals surface area contributed by atoms with E-state index in [0.717, 1.165) is 15.7 Å². The number of amides is 1. The highest BCUT2D eigenvalue weighted by Crippen LogP contribution is 2.29. The number of aryl methyl sites for hydroxylation is 1. The van der Waals surface area contributed by atoms with Crippen molar-refractivity contribution in [3.8, 4) is 0 Å². The van der Waals surface area contributed by atoms with Crippen molar-refractivity contribution in [1.82, 2.24) is 10.2 Å². The molecule has 0 unspecified atom stereocenters. The lowest BCUT2D eigenvalue weighted by Crippen LogP contribution is -2.12. The first kappa shape index (κ1) is 17.1. The zero-order valence-corrected chi connectivity index (χ0v) is 15.0. The molecule has 0 bridgehead atoms. The minimum Gasteiger partial charge on any atom is -0.300 e. The molecule has 2 heterocycles. The number of benzene rings is 1. The molecule has 0 radical (unpaired) electrons. The number of halogens is 1. The van der Waals surface area contributed by atoms with E-state index in [1.807, 2.05) is 11.4 Å². The maximum atomic E-state index is 12.8. The number of aromatic nitrogens is 2. The number of thioether (sulfide) groups is 1. The smallest absolute Gasteiger partial charge is 0.226 e. The van der Waals surface area contributed by atoms with Gasteiger partial charge in [0.1, 0.15) is 5.82 Å². The average Bonchev–Trinajstić information content (AvgIpc) is 3.24. The van der Waals surface area contributed by atoms with Gasteiger partial charge in [-0.3, -0.25) is 4.79 Å². The van der Waals surface area contributed by atoms with Gasteiger partial charge < -0.3 is 5.32 Å². The molecule has 1 N–H and O–H groups in total. The molecule has 1 aromatic carbocycles. The third-order valence-corrected chi connectivity index (χ3v) is 6.20. The first-order chi connectivity index (χ1) is 11.7. The summed E-state index contributed by atoms with van der Waals surface area (Å²) in [5.41, 5.74) is 0.927. The van der Waals surface area contributed by atoms with Crippen LogP contribution in [0.25, 0.3) is 0 Å². The number of thiophene rings is 1. The van der Waals surface area contributed by atoms with E-state index in [1.54, 1.807) is 35.2 Å². The van der Waals surface area contributed by atoms with E-state index in [9.17, 15) is 9.18 Å². The van der Waals surface area contributed by atoms with E-state index < -0.39 is 0 Å². The van der Waals surface area contributed by atoms with E-state index in [0.29, 0.717) is 18.0 Å². The summed E-state index contributed by atoms with van der Waals surface area (Å²) in [6, 6.07) is 10.3. The number of nitrogens with one attached hydrogen (secondary N) is 1. The molecule has 0 fully saturated rings. The zero-order valence-electron chi connectivity index (χ0n) is 12.6. The van der Waals surface area contributed by atoms with Gasteiger partial charge in [0.15, 0.2) is 4.34 Å². The number of carbonyl (C=O) groups is 1. The molecule has 0 saturated heterocycles. The van der Waals surface area contributed by atoms with Crippen LogP contribution in [0.1, 0.15) is 16.9 Å². The molecule has 24 heavy (non-hydrogen) atoms. The Labute approximate surface area is 151 Å².